The fourth-order valence-corrected chi connectivity index (χ4v) is 3.76. The van der Waals surface area contributed by atoms with Crippen LogP contribution in [0.1, 0.15) is 40.5 Å². The predicted molar refractivity (Wildman–Crippen MR) is 90.6 cm³/mol. The van der Waals surface area contributed by atoms with Crippen molar-refractivity contribution in [3.63, 3.8) is 0 Å². The zero-order chi connectivity index (χ0) is 14.8. The number of hydrogen-bond donors (Lipinski definition) is 1. The molecule has 0 spiro atoms. The molecule has 1 heterocycles. The smallest absolute Gasteiger partial charge is 0.0479 e. The molecule has 0 bridgehead atoms. The van der Waals surface area contributed by atoms with Crippen molar-refractivity contribution in [1.82, 2.24) is 4.90 Å². The van der Waals surface area contributed by atoms with E-state index in [0.29, 0.717) is 18.6 Å². The van der Waals surface area contributed by atoms with Crippen molar-refractivity contribution in [3.8, 4) is 0 Å². The summed E-state index contributed by atoms with van der Waals surface area (Å²) in [6.45, 7) is 6.08. The van der Waals surface area contributed by atoms with E-state index in [1.807, 2.05) is 11.3 Å². The number of nitrogens with two attached hydrogens (primary N) is 1. The van der Waals surface area contributed by atoms with Crippen LogP contribution in [0.25, 0.3) is 0 Å². The molecule has 1 aliphatic rings. The highest BCUT2D eigenvalue weighted by molar-refractivity contribution is 7.09. The molecule has 1 aromatic carbocycles. The Morgan fingerprint density at radius 1 is 1.29 bits per heavy atom. The van der Waals surface area contributed by atoms with Crippen LogP contribution >= 0.6 is 11.3 Å². The highest BCUT2D eigenvalue weighted by atomic mass is 32.1. The summed E-state index contributed by atoms with van der Waals surface area (Å²) in [5.41, 5.74) is 10.3. The van der Waals surface area contributed by atoms with Crippen LogP contribution < -0.4 is 5.73 Å². The van der Waals surface area contributed by atoms with E-state index in [4.69, 9.17) is 5.73 Å². The third-order valence-electron chi connectivity index (χ3n) is 4.35. The number of thiophene rings is 1. The molecule has 2 nitrogen and oxygen atoms in total. The Balaban J connectivity index is 1.89. The molecule has 1 atom stereocenters. The second-order valence-corrected chi connectivity index (χ2v) is 7.13. The van der Waals surface area contributed by atoms with Gasteiger partial charge in [-0.2, -0.15) is 0 Å². The Morgan fingerprint density at radius 2 is 2.10 bits per heavy atom. The highest BCUT2D eigenvalue weighted by Gasteiger charge is 2.34. The van der Waals surface area contributed by atoms with Crippen LogP contribution in [0.3, 0.4) is 0 Å². The van der Waals surface area contributed by atoms with Gasteiger partial charge in [0.05, 0.1) is 0 Å². The average molecular weight is 300 g/mol. The minimum absolute atomic E-state index is 0.333. The van der Waals surface area contributed by atoms with Gasteiger partial charge in [-0.1, -0.05) is 29.8 Å². The van der Waals surface area contributed by atoms with E-state index in [-0.39, 0.29) is 0 Å². The Hall–Kier alpha value is -1.16. The van der Waals surface area contributed by atoms with Crippen LogP contribution in [-0.2, 0) is 6.54 Å². The van der Waals surface area contributed by atoms with Gasteiger partial charge in [0.15, 0.2) is 0 Å². The summed E-state index contributed by atoms with van der Waals surface area (Å²) in [5.74, 6) is 0. The summed E-state index contributed by atoms with van der Waals surface area (Å²) in [6.07, 6.45) is 2.62. The molecule has 21 heavy (non-hydrogen) atoms. The number of hydrogen-bond acceptors (Lipinski definition) is 3. The average Bonchev–Trinajstić information content (AvgIpc) is 3.19. The topological polar surface area (TPSA) is 29.3 Å². The molecule has 1 unspecified atom stereocenters. The number of aryl methyl sites for hydroxylation is 2. The molecular weight excluding hydrogens is 276 g/mol. The van der Waals surface area contributed by atoms with Gasteiger partial charge < -0.3 is 5.73 Å². The van der Waals surface area contributed by atoms with Crippen molar-refractivity contribution < 1.29 is 0 Å². The highest BCUT2D eigenvalue weighted by Crippen LogP contribution is 2.37. The molecule has 1 fully saturated rings. The summed E-state index contributed by atoms with van der Waals surface area (Å²) in [5, 5.41) is 2.16. The van der Waals surface area contributed by atoms with Crippen molar-refractivity contribution in [2.45, 2.75) is 45.3 Å². The molecule has 3 rings (SSSR count). The van der Waals surface area contributed by atoms with Gasteiger partial charge in [0.2, 0.25) is 0 Å². The van der Waals surface area contributed by atoms with E-state index in [1.165, 1.54) is 34.4 Å². The lowest BCUT2D eigenvalue weighted by atomic mass is 9.97. The molecule has 2 N–H and O–H groups in total. The van der Waals surface area contributed by atoms with Gasteiger partial charge in [0.25, 0.3) is 0 Å². The van der Waals surface area contributed by atoms with E-state index in [1.54, 1.807) is 0 Å². The maximum atomic E-state index is 6.18. The van der Waals surface area contributed by atoms with Crippen molar-refractivity contribution >= 4 is 11.3 Å². The molecule has 112 valence electrons. The molecule has 1 aromatic heterocycles. The minimum Gasteiger partial charge on any atom is -0.329 e. The SMILES string of the molecule is Cc1ccc(C)c(C(CN)N(Cc2cccs2)C2CC2)c1. The van der Waals surface area contributed by atoms with E-state index < -0.39 is 0 Å². The predicted octanol–water partition coefficient (Wildman–Crippen LogP) is 4.03. The molecule has 3 heteroatoms. The third kappa shape index (κ3) is 3.37. The quantitative estimate of drug-likeness (QED) is 0.872. The van der Waals surface area contributed by atoms with E-state index in [0.717, 1.165) is 6.54 Å². The first-order valence-corrected chi connectivity index (χ1v) is 8.62. The Labute approximate surface area is 131 Å². The summed E-state index contributed by atoms with van der Waals surface area (Å²) in [7, 11) is 0. The number of benzene rings is 1. The van der Waals surface area contributed by atoms with Crippen LogP contribution in [0, 0.1) is 13.8 Å². The molecule has 0 amide bonds. The standard InChI is InChI=1S/C18H24N2S/c1-13-5-6-14(2)17(10-13)18(11-19)20(15-7-8-15)12-16-4-3-9-21-16/h3-6,9-10,15,18H,7-8,11-12,19H2,1-2H3. The Morgan fingerprint density at radius 3 is 2.71 bits per heavy atom. The first kappa shape index (κ1) is 14.8. The summed E-state index contributed by atoms with van der Waals surface area (Å²) >= 11 is 1.84. The second kappa shape index (κ2) is 6.30. The normalized spacial score (nSPS) is 16.4. The lowest BCUT2D eigenvalue weighted by Crippen LogP contribution is -2.35. The van der Waals surface area contributed by atoms with Gasteiger partial charge in [-0.25, -0.2) is 0 Å². The van der Waals surface area contributed by atoms with Crippen LogP contribution in [0.2, 0.25) is 0 Å². The fourth-order valence-electron chi connectivity index (χ4n) is 3.04. The van der Waals surface area contributed by atoms with Crippen molar-refractivity contribution in [3.05, 3.63) is 57.3 Å². The second-order valence-electron chi connectivity index (χ2n) is 6.09. The summed E-state index contributed by atoms with van der Waals surface area (Å²) in [6, 6.07) is 12.1. The molecule has 1 saturated carbocycles. The number of rotatable bonds is 6. The van der Waals surface area contributed by atoms with Gasteiger partial charge in [-0.05, 0) is 49.3 Å². The van der Waals surface area contributed by atoms with Gasteiger partial charge in [-0.3, -0.25) is 4.90 Å². The van der Waals surface area contributed by atoms with Gasteiger partial charge in [-0.15, -0.1) is 11.3 Å². The van der Waals surface area contributed by atoms with Gasteiger partial charge in [0, 0.05) is 30.1 Å². The van der Waals surface area contributed by atoms with Crippen LogP contribution in [0.15, 0.2) is 35.7 Å². The Kier molecular flexibility index (Phi) is 4.43. The fraction of sp³-hybridized carbons (Fsp3) is 0.444. The number of nitrogens with zero attached hydrogens (tertiary/aromatic N) is 1. The molecule has 2 aromatic rings. The first-order chi connectivity index (χ1) is 10.2. The maximum absolute atomic E-state index is 6.18. The zero-order valence-electron chi connectivity index (χ0n) is 12.9. The monoisotopic (exact) mass is 300 g/mol. The summed E-state index contributed by atoms with van der Waals surface area (Å²) < 4.78 is 0. The van der Waals surface area contributed by atoms with Crippen molar-refractivity contribution in [2.75, 3.05) is 6.54 Å². The van der Waals surface area contributed by atoms with E-state index >= 15 is 0 Å². The van der Waals surface area contributed by atoms with Gasteiger partial charge in [0.1, 0.15) is 0 Å². The van der Waals surface area contributed by atoms with Crippen molar-refractivity contribution in [1.29, 1.82) is 0 Å². The first-order valence-electron chi connectivity index (χ1n) is 7.74. The van der Waals surface area contributed by atoms with Crippen LogP contribution in [0.5, 0.6) is 0 Å². The van der Waals surface area contributed by atoms with Crippen molar-refractivity contribution in [2.24, 2.45) is 5.73 Å². The maximum Gasteiger partial charge on any atom is 0.0479 e. The largest absolute Gasteiger partial charge is 0.329 e. The van der Waals surface area contributed by atoms with Crippen LogP contribution in [-0.4, -0.2) is 17.5 Å². The third-order valence-corrected chi connectivity index (χ3v) is 5.21. The minimum atomic E-state index is 0.333. The van der Waals surface area contributed by atoms with Crippen LogP contribution in [0.4, 0.5) is 0 Å². The molecule has 1 aliphatic carbocycles. The van der Waals surface area contributed by atoms with Gasteiger partial charge >= 0.3 is 0 Å². The zero-order valence-corrected chi connectivity index (χ0v) is 13.7. The van der Waals surface area contributed by atoms with E-state index in [9.17, 15) is 0 Å². The molecular formula is C18H24N2S. The summed E-state index contributed by atoms with van der Waals surface area (Å²) in [4.78, 5) is 4.05. The molecule has 0 saturated heterocycles. The molecule has 0 radical (unpaired) electrons. The lowest BCUT2D eigenvalue weighted by molar-refractivity contribution is 0.183. The lowest BCUT2D eigenvalue weighted by Gasteiger charge is -2.32. The molecule has 0 aliphatic heterocycles. The van der Waals surface area contributed by atoms with E-state index in [2.05, 4.69) is 54.5 Å². The Bertz CT molecular complexity index is 587.